The Kier molecular flexibility index (Phi) is 5.95. The molecule has 0 aliphatic heterocycles. The van der Waals surface area contributed by atoms with Crippen molar-refractivity contribution in [3.05, 3.63) is 11.9 Å². The van der Waals surface area contributed by atoms with Gasteiger partial charge in [0.1, 0.15) is 6.54 Å². The van der Waals surface area contributed by atoms with Crippen molar-refractivity contribution in [2.45, 2.75) is 58.5 Å². The van der Waals surface area contributed by atoms with Gasteiger partial charge in [0.2, 0.25) is 5.91 Å². The molecule has 0 bridgehead atoms. The van der Waals surface area contributed by atoms with Gasteiger partial charge in [-0.2, -0.15) is 0 Å². The molecule has 1 amide bonds. The van der Waals surface area contributed by atoms with Gasteiger partial charge in [-0.05, 0) is 46.1 Å². The van der Waals surface area contributed by atoms with Crippen LogP contribution in [0.15, 0.2) is 6.20 Å². The summed E-state index contributed by atoms with van der Waals surface area (Å²) in [4.78, 5) is 11.8. The summed E-state index contributed by atoms with van der Waals surface area (Å²) in [6.45, 7) is 6.97. The lowest BCUT2D eigenvalue weighted by Crippen LogP contribution is -2.44. The summed E-state index contributed by atoms with van der Waals surface area (Å²) in [5.41, 5.74) is 6.18. The first-order chi connectivity index (χ1) is 8.96. The van der Waals surface area contributed by atoms with Crippen LogP contribution in [0.5, 0.6) is 0 Å². The maximum absolute atomic E-state index is 11.8. The number of hydrogen-bond acceptors (Lipinski definition) is 4. The fourth-order valence-corrected chi connectivity index (χ4v) is 1.63. The Labute approximate surface area is 114 Å². The van der Waals surface area contributed by atoms with Gasteiger partial charge in [-0.1, -0.05) is 12.1 Å². The largest absolute Gasteiger partial charge is 0.350 e. The number of carbonyl (C=O) groups excluding carboxylic acids is 1. The number of aromatic nitrogens is 3. The zero-order valence-corrected chi connectivity index (χ0v) is 12.1. The van der Waals surface area contributed by atoms with E-state index >= 15 is 0 Å². The Hall–Kier alpha value is -1.43. The second kappa shape index (κ2) is 7.23. The van der Waals surface area contributed by atoms with Crippen molar-refractivity contribution in [2.75, 3.05) is 6.54 Å². The molecule has 0 aliphatic rings. The second-order valence-electron chi connectivity index (χ2n) is 5.44. The highest BCUT2D eigenvalue weighted by molar-refractivity contribution is 5.76. The van der Waals surface area contributed by atoms with Crippen LogP contribution in [0.2, 0.25) is 0 Å². The third-order valence-corrected chi connectivity index (χ3v) is 3.14. The van der Waals surface area contributed by atoms with E-state index in [-0.39, 0.29) is 18.0 Å². The number of rotatable bonds is 8. The Morgan fingerprint density at radius 3 is 2.84 bits per heavy atom. The predicted molar refractivity (Wildman–Crippen MR) is 74.5 cm³/mol. The van der Waals surface area contributed by atoms with Crippen LogP contribution in [-0.4, -0.2) is 33.0 Å². The quantitative estimate of drug-likeness (QED) is 0.684. The van der Waals surface area contributed by atoms with Crippen LogP contribution in [0.25, 0.3) is 0 Å². The molecule has 1 rings (SSSR count). The van der Waals surface area contributed by atoms with E-state index < -0.39 is 0 Å². The van der Waals surface area contributed by atoms with Crippen LogP contribution < -0.4 is 11.1 Å². The number of nitrogens with one attached hydrogen (secondary N) is 1. The second-order valence-corrected chi connectivity index (χ2v) is 5.44. The molecule has 19 heavy (non-hydrogen) atoms. The van der Waals surface area contributed by atoms with Crippen LogP contribution >= 0.6 is 0 Å². The molecule has 0 aliphatic carbocycles. The van der Waals surface area contributed by atoms with Crippen LogP contribution in [0.3, 0.4) is 0 Å². The molecular weight excluding hydrogens is 242 g/mol. The first-order valence-corrected chi connectivity index (χ1v) is 6.87. The van der Waals surface area contributed by atoms with Crippen molar-refractivity contribution in [1.82, 2.24) is 20.3 Å². The Balaban J connectivity index is 2.42. The van der Waals surface area contributed by atoms with E-state index in [0.717, 1.165) is 31.4 Å². The van der Waals surface area contributed by atoms with E-state index in [1.165, 1.54) is 0 Å². The van der Waals surface area contributed by atoms with Gasteiger partial charge in [0, 0.05) is 11.7 Å². The van der Waals surface area contributed by atoms with Crippen molar-refractivity contribution >= 4 is 5.91 Å². The van der Waals surface area contributed by atoms with Crippen molar-refractivity contribution in [2.24, 2.45) is 5.73 Å². The fraction of sp³-hybridized carbons (Fsp3) is 0.769. The lowest BCUT2D eigenvalue weighted by Gasteiger charge is -2.24. The maximum Gasteiger partial charge on any atom is 0.242 e. The highest BCUT2D eigenvalue weighted by Gasteiger charge is 2.18. The molecule has 1 aromatic rings. The van der Waals surface area contributed by atoms with Crippen LogP contribution in [0.4, 0.5) is 0 Å². The van der Waals surface area contributed by atoms with Gasteiger partial charge in [0.05, 0.1) is 5.69 Å². The van der Waals surface area contributed by atoms with Crippen LogP contribution in [0, 0.1) is 0 Å². The molecule has 3 N–H and O–H groups in total. The van der Waals surface area contributed by atoms with E-state index in [2.05, 4.69) is 15.6 Å². The number of unbranched alkanes of at least 4 members (excludes halogenated alkanes) is 1. The third kappa shape index (κ3) is 5.83. The number of nitrogens with two attached hydrogens (primary N) is 1. The molecule has 1 heterocycles. The summed E-state index contributed by atoms with van der Waals surface area (Å²) in [6, 6.07) is 0. The molecule has 1 aromatic heterocycles. The fourth-order valence-electron chi connectivity index (χ4n) is 1.63. The van der Waals surface area contributed by atoms with E-state index in [0.29, 0.717) is 6.54 Å². The Bertz CT molecular complexity index is 399. The van der Waals surface area contributed by atoms with E-state index in [1.807, 2.05) is 27.0 Å². The number of aryl methyl sites for hydroxylation is 1. The third-order valence-electron chi connectivity index (χ3n) is 3.14. The minimum atomic E-state index is -0.179. The molecule has 0 unspecified atom stereocenters. The highest BCUT2D eigenvalue weighted by Crippen LogP contribution is 2.06. The Morgan fingerprint density at radius 1 is 1.47 bits per heavy atom. The summed E-state index contributed by atoms with van der Waals surface area (Å²) < 4.78 is 1.58. The first kappa shape index (κ1) is 15.6. The van der Waals surface area contributed by atoms with E-state index in [9.17, 15) is 4.79 Å². The average Bonchev–Trinajstić information content (AvgIpc) is 2.76. The molecule has 0 atom stereocenters. The summed E-state index contributed by atoms with van der Waals surface area (Å²) in [5, 5.41) is 11.0. The molecule has 0 spiro atoms. The van der Waals surface area contributed by atoms with E-state index in [1.54, 1.807) is 4.68 Å². The lowest BCUT2D eigenvalue weighted by molar-refractivity contribution is -0.123. The van der Waals surface area contributed by atoms with Crippen molar-refractivity contribution < 1.29 is 4.79 Å². The first-order valence-electron chi connectivity index (χ1n) is 6.87. The smallest absolute Gasteiger partial charge is 0.242 e. The van der Waals surface area contributed by atoms with Gasteiger partial charge in [-0.25, -0.2) is 4.68 Å². The van der Waals surface area contributed by atoms with Gasteiger partial charge >= 0.3 is 0 Å². The summed E-state index contributed by atoms with van der Waals surface area (Å²) in [6.07, 6.45) is 5.57. The topological polar surface area (TPSA) is 85.8 Å². The van der Waals surface area contributed by atoms with Crippen molar-refractivity contribution in [1.29, 1.82) is 0 Å². The maximum atomic E-state index is 11.8. The number of carbonyl (C=O) groups is 1. The van der Waals surface area contributed by atoms with Gasteiger partial charge in [0.15, 0.2) is 0 Å². The number of amides is 1. The molecule has 0 saturated heterocycles. The van der Waals surface area contributed by atoms with Gasteiger partial charge in [-0.15, -0.1) is 5.10 Å². The highest BCUT2D eigenvalue weighted by atomic mass is 16.2. The zero-order valence-electron chi connectivity index (χ0n) is 12.1. The van der Waals surface area contributed by atoms with Gasteiger partial charge in [0.25, 0.3) is 0 Å². The molecule has 0 aromatic carbocycles. The van der Waals surface area contributed by atoms with Crippen molar-refractivity contribution in [3.8, 4) is 0 Å². The standard InChI is InChI=1S/C13H25N5O/c1-4-13(2,3)15-12(19)10-18-9-11(16-17-18)7-5-6-8-14/h9H,4-8,10,14H2,1-3H3,(H,15,19). The molecule has 0 radical (unpaired) electrons. The van der Waals surface area contributed by atoms with Crippen LogP contribution in [0.1, 0.15) is 45.7 Å². The SMILES string of the molecule is CCC(C)(C)NC(=O)Cn1cc(CCCCN)nn1. The minimum Gasteiger partial charge on any atom is -0.350 e. The monoisotopic (exact) mass is 267 g/mol. The Morgan fingerprint density at radius 2 is 2.21 bits per heavy atom. The number of hydrogen-bond donors (Lipinski definition) is 2. The summed E-state index contributed by atoms with van der Waals surface area (Å²) in [7, 11) is 0. The van der Waals surface area contributed by atoms with Crippen molar-refractivity contribution in [3.63, 3.8) is 0 Å². The van der Waals surface area contributed by atoms with Gasteiger partial charge in [-0.3, -0.25) is 4.79 Å². The molecule has 0 saturated carbocycles. The van der Waals surface area contributed by atoms with Crippen LogP contribution in [-0.2, 0) is 17.8 Å². The lowest BCUT2D eigenvalue weighted by atomic mass is 10.0. The van der Waals surface area contributed by atoms with E-state index in [4.69, 9.17) is 5.73 Å². The molecule has 108 valence electrons. The molecule has 6 heteroatoms. The minimum absolute atomic E-state index is 0.0368. The summed E-state index contributed by atoms with van der Waals surface area (Å²) >= 11 is 0. The normalized spacial score (nSPS) is 11.6. The molecule has 6 nitrogen and oxygen atoms in total. The number of nitrogens with zero attached hydrogens (tertiary/aromatic N) is 3. The molecular formula is C13H25N5O. The zero-order chi connectivity index (χ0) is 14.3. The summed E-state index contributed by atoms with van der Waals surface area (Å²) in [5.74, 6) is -0.0368. The predicted octanol–water partition coefficient (Wildman–Crippen LogP) is 0.864. The molecule has 0 fully saturated rings. The van der Waals surface area contributed by atoms with Gasteiger partial charge < -0.3 is 11.1 Å². The average molecular weight is 267 g/mol.